The number of aromatic amines is 1. The molecule has 1 aliphatic carbocycles. The molecule has 1 saturated heterocycles. The smallest absolute Gasteiger partial charge is 0.407 e. The first-order valence-electron chi connectivity index (χ1n) is 19.2. The molecule has 0 aromatic carbocycles. The van der Waals surface area contributed by atoms with E-state index >= 15 is 0 Å². The Kier molecular flexibility index (Phi) is 12.8. The molecule has 2 aliphatic rings. The van der Waals surface area contributed by atoms with Crippen LogP contribution in [0.15, 0.2) is 43.0 Å². The van der Waals surface area contributed by atoms with Gasteiger partial charge in [-0.2, -0.15) is 10.2 Å². The van der Waals surface area contributed by atoms with Gasteiger partial charge in [0, 0.05) is 49.9 Å². The zero-order valence-electron chi connectivity index (χ0n) is 30.8. The third-order valence-electron chi connectivity index (χ3n) is 9.97. The molecule has 15 heteroatoms. The van der Waals surface area contributed by atoms with Crippen LogP contribution >= 0.6 is 0 Å². The van der Waals surface area contributed by atoms with Gasteiger partial charge in [-0.05, 0) is 70.1 Å². The third kappa shape index (κ3) is 10.4. The van der Waals surface area contributed by atoms with Crippen LogP contribution in [-0.2, 0) is 22.5 Å². The average molecular weight is 729 g/mol. The van der Waals surface area contributed by atoms with Crippen molar-refractivity contribution in [1.82, 2.24) is 40.0 Å². The van der Waals surface area contributed by atoms with E-state index in [1.54, 1.807) is 23.5 Å². The van der Waals surface area contributed by atoms with Crippen LogP contribution in [0, 0.1) is 0 Å². The summed E-state index contributed by atoms with van der Waals surface area (Å²) >= 11 is 0. The Morgan fingerprint density at radius 2 is 1.77 bits per heavy atom. The van der Waals surface area contributed by atoms with E-state index < -0.39 is 6.03 Å². The summed E-state index contributed by atoms with van der Waals surface area (Å²) in [7, 11) is 0. The van der Waals surface area contributed by atoms with Gasteiger partial charge < -0.3 is 15.4 Å². The number of nitrogens with one attached hydrogen (secondary N) is 4. The zero-order chi connectivity index (χ0) is 37.2. The summed E-state index contributed by atoms with van der Waals surface area (Å²) in [6, 6.07) is 5.65. The Bertz CT molecular complexity index is 1860. The van der Waals surface area contributed by atoms with Crippen molar-refractivity contribution in [1.29, 1.82) is 0 Å². The van der Waals surface area contributed by atoms with E-state index in [-0.39, 0.29) is 42.4 Å². The molecule has 1 aliphatic heterocycles. The highest BCUT2D eigenvalue weighted by molar-refractivity contribution is 6.05. The lowest BCUT2D eigenvalue weighted by Gasteiger charge is -2.25. The van der Waals surface area contributed by atoms with Crippen LogP contribution in [-0.4, -0.2) is 72.0 Å². The van der Waals surface area contributed by atoms with E-state index in [1.807, 2.05) is 35.2 Å². The van der Waals surface area contributed by atoms with Gasteiger partial charge in [0.15, 0.2) is 0 Å². The number of aromatic nitrogens is 6. The zero-order valence-corrected chi connectivity index (χ0v) is 30.8. The second-order valence-corrected chi connectivity index (χ2v) is 14.6. The largest absolute Gasteiger partial charge is 0.446 e. The normalized spacial score (nSPS) is 17.5. The molecule has 5 amide bonds. The van der Waals surface area contributed by atoms with Crippen LogP contribution in [0.1, 0.15) is 125 Å². The summed E-state index contributed by atoms with van der Waals surface area (Å²) in [5.74, 6) is 0.898. The highest BCUT2D eigenvalue weighted by atomic mass is 16.6. The minimum Gasteiger partial charge on any atom is -0.446 e. The molecular weight excluding hydrogens is 676 g/mol. The average Bonchev–Trinajstić information content (AvgIpc) is 3.94. The van der Waals surface area contributed by atoms with Crippen molar-refractivity contribution in [3.8, 4) is 0 Å². The van der Waals surface area contributed by atoms with Gasteiger partial charge in [-0.1, -0.05) is 44.9 Å². The van der Waals surface area contributed by atoms with Crippen LogP contribution in [0.5, 0.6) is 0 Å². The summed E-state index contributed by atoms with van der Waals surface area (Å²) in [6.07, 6.45) is 20.8. The summed E-state index contributed by atoms with van der Waals surface area (Å²) in [6.45, 7) is 4.93. The van der Waals surface area contributed by atoms with Crippen LogP contribution in [0.2, 0.25) is 0 Å². The van der Waals surface area contributed by atoms with Crippen molar-refractivity contribution in [3.05, 3.63) is 59.8 Å². The molecule has 2 fully saturated rings. The number of hydrogen-bond acceptors (Lipinski definition) is 8. The Balaban J connectivity index is 0.797. The van der Waals surface area contributed by atoms with Crippen molar-refractivity contribution in [2.45, 2.75) is 128 Å². The molecule has 6 rings (SSSR count). The first-order chi connectivity index (χ1) is 25.7. The number of carbonyl (C=O) groups is 4. The van der Waals surface area contributed by atoms with Gasteiger partial charge in [0.1, 0.15) is 23.4 Å². The number of amides is 5. The Labute approximate surface area is 309 Å². The number of hydrogen-bond donors (Lipinski definition) is 4. The minimum atomic E-state index is -0.405. The molecule has 4 N–H and O–H groups in total. The first kappa shape index (κ1) is 37.5. The number of fused-ring (bicyclic) bond motifs is 1. The summed E-state index contributed by atoms with van der Waals surface area (Å²) in [5.41, 5.74) is 3.40. The molecule has 284 valence electrons. The standard InChI is InChI=1S/C38H52N10O5/c1-26(2)41-38(52)53-30-14-13-28(21-30)31-22-32(45-44-31)42-36(50)29-23-40-46(25-29)17-11-9-7-5-3-4-6-8-10-12-27-15-18-47-33(20-27)39-24-35(47)48-19-16-34(49)43-37(48)51/h15,18,20,22-26,28,30H,3-14,16-17,19,21H2,1-2H3,(H,41,52)(H,43,49,51)(H2,42,44,45,50)/t28-,30+/m0/s1. The lowest BCUT2D eigenvalue weighted by Crippen LogP contribution is -2.50. The monoisotopic (exact) mass is 728 g/mol. The lowest BCUT2D eigenvalue weighted by molar-refractivity contribution is -0.120. The van der Waals surface area contributed by atoms with Crippen molar-refractivity contribution in [2.75, 3.05) is 16.8 Å². The van der Waals surface area contributed by atoms with Gasteiger partial charge >= 0.3 is 12.1 Å². The fourth-order valence-electron chi connectivity index (χ4n) is 7.13. The molecule has 15 nitrogen and oxygen atoms in total. The fraction of sp³-hybridized carbons (Fsp3) is 0.553. The van der Waals surface area contributed by atoms with Crippen molar-refractivity contribution in [2.24, 2.45) is 0 Å². The van der Waals surface area contributed by atoms with Gasteiger partial charge in [-0.15, -0.1) is 0 Å². The number of pyridine rings is 1. The minimum absolute atomic E-state index is 0.0322. The second kappa shape index (κ2) is 18.0. The van der Waals surface area contributed by atoms with E-state index in [9.17, 15) is 19.2 Å². The quantitative estimate of drug-likeness (QED) is 0.0841. The number of carbonyl (C=O) groups excluding carboxylic acids is 4. The number of imide groups is 1. The summed E-state index contributed by atoms with van der Waals surface area (Å²) < 4.78 is 9.26. The molecule has 2 atom stereocenters. The molecule has 0 radical (unpaired) electrons. The topological polar surface area (TPSA) is 181 Å². The number of urea groups is 1. The molecular formula is C38H52N10O5. The van der Waals surface area contributed by atoms with E-state index in [2.05, 4.69) is 48.4 Å². The third-order valence-corrected chi connectivity index (χ3v) is 9.97. The predicted octanol–water partition coefficient (Wildman–Crippen LogP) is 6.48. The SMILES string of the molecule is CC(C)NC(=O)O[C@@H]1CC[C@H](c2cc(NC(=O)c3cnn(CCCCCCCCCCCc4ccn5c(N6CCC(=O)NC6=O)cnc5c4)c3)[nH]n2)C1. The highest BCUT2D eigenvalue weighted by Crippen LogP contribution is 2.36. The number of anilines is 2. The number of alkyl carbamates (subject to hydrolysis) is 1. The lowest BCUT2D eigenvalue weighted by atomic mass is 10.0. The number of aryl methyl sites for hydroxylation is 2. The molecule has 53 heavy (non-hydrogen) atoms. The summed E-state index contributed by atoms with van der Waals surface area (Å²) in [5, 5.41) is 19.7. The van der Waals surface area contributed by atoms with Crippen LogP contribution in [0.3, 0.4) is 0 Å². The fourth-order valence-corrected chi connectivity index (χ4v) is 7.13. The number of rotatable bonds is 18. The van der Waals surface area contributed by atoms with Gasteiger partial charge in [0.2, 0.25) is 5.91 Å². The molecule has 0 spiro atoms. The second-order valence-electron chi connectivity index (χ2n) is 14.6. The number of nitrogens with zero attached hydrogens (tertiary/aromatic N) is 6. The molecule has 4 aromatic rings. The van der Waals surface area contributed by atoms with E-state index in [4.69, 9.17) is 4.74 Å². The van der Waals surface area contributed by atoms with E-state index in [0.717, 1.165) is 56.4 Å². The van der Waals surface area contributed by atoms with E-state index in [0.29, 0.717) is 30.2 Å². The number of H-pyrrole nitrogens is 1. The predicted molar refractivity (Wildman–Crippen MR) is 200 cm³/mol. The maximum absolute atomic E-state index is 12.8. The van der Waals surface area contributed by atoms with Crippen molar-refractivity contribution < 1.29 is 23.9 Å². The molecule has 4 aromatic heterocycles. The number of imidazole rings is 1. The van der Waals surface area contributed by atoms with Gasteiger partial charge in [-0.3, -0.25) is 34.0 Å². The molecule has 0 bridgehead atoms. The van der Waals surface area contributed by atoms with Gasteiger partial charge in [0.05, 0.1) is 23.7 Å². The van der Waals surface area contributed by atoms with Crippen LogP contribution in [0.4, 0.5) is 21.2 Å². The van der Waals surface area contributed by atoms with Crippen molar-refractivity contribution in [3.63, 3.8) is 0 Å². The maximum atomic E-state index is 12.8. The van der Waals surface area contributed by atoms with Crippen molar-refractivity contribution >= 4 is 41.2 Å². The number of ether oxygens (including phenoxy) is 1. The maximum Gasteiger partial charge on any atom is 0.407 e. The Morgan fingerprint density at radius 1 is 1.00 bits per heavy atom. The Morgan fingerprint density at radius 3 is 2.55 bits per heavy atom. The van der Waals surface area contributed by atoms with E-state index in [1.165, 1.54) is 44.1 Å². The first-order valence-corrected chi connectivity index (χ1v) is 19.2. The number of unbranched alkanes of at least 4 members (excludes halogenated alkanes) is 8. The van der Waals surface area contributed by atoms with Gasteiger partial charge in [0.25, 0.3) is 5.91 Å². The van der Waals surface area contributed by atoms with Gasteiger partial charge in [-0.25, -0.2) is 14.6 Å². The molecule has 5 heterocycles. The van der Waals surface area contributed by atoms with Crippen LogP contribution < -0.4 is 20.9 Å². The summed E-state index contributed by atoms with van der Waals surface area (Å²) in [4.78, 5) is 54.5. The van der Waals surface area contributed by atoms with Crippen LogP contribution in [0.25, 0.3) is 5.65 Å². The Hall–Kier alpha value is -5.21. The highest BCUT2D eigenvalue weighted by Gasteiger charge is 2.31. The molecule has 1 saturated carbocycles. The molecule has 0 unspecified atom stereocenters.